The lowest BCUT2D eigenvalue weighted by Gasteiger charge is -2.34. The normalized spacial score (nSPS) is 16.9. The van der Waals surface area contributed by atoms with Crippen LogP contribution >= 0.6 is 15.9 Å². The average molecular weight is 311 g/mol. The molecule has 1 heterocycles. The summed E-state index contributed by atoms with van der Waals surface area (Å²) in [4.78, 5) is 16.4. The Balaban J connectivity index is 2.17. The van der Waals surface area contributed by atoms with Crippen LogP contribution in [0.25, 0.3) is 0 Å². The van der Waals surface area contributed by atoms with E-state index in [2.05, 4.69) is 38.8 Å². The number of hydrogen-bond acceptors (Lipinski definition) is 3. The van der Waals surface area contributed by atoms with Gasteiger partial charge in [-0.1, -0.05) is 6.92 Å². The molecule has 1 aromatic rings. The molecule has 0 amide bonds. The van der Waals surface area contributed by atoms with E-state index in [1.807, 2.05) is 19.1 Å². The maximum absolute atomic E-state index is 11.7. The van der Waals surface area contributed by atoms with Crippen molar-refractivity contribution in [2.24, 2.45) is 0 Å². The number of Topliss-reactive ketones (excluding diaryl/α,β-unsaturated/α-hetero) is 1. The molecule has 0 atom stereocenters. The zero-order valence-corrected chi connectivity index (χ0v) is 12.5. The highest BCUT2D eigenvalue weighted by Gasteiger charge is 2.17. The highest BCUT2D eigenvalue weighted by molar-refractivity contribution is 9.10. The number of benzene rings is 1. The molecular formula is C14H19BrN2O. The van der Waals surface area contributed by atoms with Gasteiger partial charge in [0, 0.05) is 42.6 Å². The Labute approximate surface area is 117 Å². The lowest BCUT2D eigenvalue weighted by Crippen LogP contribution is -2.44. The Hall–Kier alpha value is -0.870. The predicted molar refractivity (Wildman–Crippen MR) is 78.5 cm³/mol. The smallest absolute Gasteiger partial charge is 0.162 e. The van der Waals surface area contributed by atoms with Crippen molar-refractivity contribution in [1.82, 2.24) is 4.90 Å². The topological polar surface area (TPSA) is 23.6 Å². The van der Waals surface area contributed by atoms with E-state index >= 15 is 0 Å². The van der Waals surface area contributed by atoms with Crippen molar-refractivity contribution in [3.63, 3.8) is 0 Å². The van der Waals surface area contributed by atoms with Gasteiger partial charge in [-0.2, -0.15) is 0 Å². The van der Waals surface area contributed by atoms with E-state index in [4.69, 9.17) is 0 Å². The van der Waals surface area contributed by atoms with Gasteiger partial charge in [-0.25, -0.2) is 0 Å². The van der Waals surface area contributed by atoms with Crippen molar-refractivity contribution in [2.75, 3.05) is 38.1 Å². The summed E-state index contributed by atoms with van der Waals surface area (Å²) in [5.74, 6) is 0.195. The molecule has 0 spiro atoms. The third kappa shape index (κ3) is 2.93. The molecule has 0 unspecified atom stereocenters. The van der Waals surface area contributed by atoms with Gasteiger partial charge in [-0.3, -0.25) is 4.79 Å². The second-order valence-corrected chi connectivity index (χ2v) is 5.59. The van der Waals surface area contributed by atoms with Crippen molar-refractivity contribution in [2.45, 2.75) is 13.3 Å². The molecule has 0 aromatic heterocycles. The molecule has 1 aliphatic rings. The van der Waals surface area contributed by atoms with Crippen LogP contribution < -0.4 is 4.90 Å². The molecule has 0 N–H and O–H groups in total. The van der Waals surface area contributed by atoms with Crippen LogP contribution in [0, 0.1) is 0 Å². The molecule has 1 aromatic carbocycles. The second kappa shape index (κ2) is 5.85. The first-order chi connectivity index (χ1) is 8.61. The van der Waals surface area contributed by atoms with E-state index in [-0.39, 0.29) is 5.78 Å². The highest BCUT2D eigenvalue weighted by Crippen LogP contribution is 2.28. The summed E-state index contributed by atoms with van der Waals surface area (Å²) < 4.78 is 1.02. The molecule has 0 bridgehead atoms. The number of anilines is 1. The molecule has 18 heavy (non-hydrogen) atoms. The van der Waals surface area contributed by atoms with Crippen molar-refractivity contribution < 1.29 is 4.79 Å². The Morgan fingerprint density at radius 1 is 1.28 bits per heavy atom. The number of likely N-dealkylation sites (N-methyl/N-ethyl adjacent to an activating group) is 1. The maximum atomic E-state index is 11.7. The maximum Gasteiger partial charge on any atom is 0.162 e. The number of halogens is 1. The van der Waals surface area contributed by atoms with Gasteiger partial charge in [-0.15, -0.1) is 0 Å². The number of carbonyl (C=O) groups is 1. The lowest BCUT2D eigenvalue weighted by molar-refractivity contribution is 0.0988. The van der Waals surface area contributed by atoms with Crippen LogP contribution in [0.4, 0.5) is 5.69 Å². The molecule has 0 aliphatic carbocycles. The summed E-state index contributed by atoms with van der Waals surface area (Å²) in [6, 6.07) is 5.93. The van der Waals surface area contributed by atoms with Crippen LogP contribution in [0.15, 0.2) is 22.7 Å². The zero-order valence-electron chi connectivity index (χ0n) is 10.9. The number of piperazine rings is 1. The van der Waals surface area contributed by atoms with Crippen LogP contribution in [-0.4, -0.2) is 43.9 Å². The zero-order chi connectivity index (χ0) is 13.1. The Bertz CT molecular complexity index is 439. The largest absolute Gasteiger partial charge is 0.368 e. The summed E-state index contributed by atoms with van der Waals surface area (Å²) in [5.41, 5.74) is 1.98. The van der Waals surface area contributed by atoms with Crippen molar-refractivity contribution in [1.29, 1.82) is 0 Å². The monoisotopic (exact) mass is 310 g/mol. The third-order valence-corrected chi connectivity index (χ3v) is 4.07. The predicted octanol–water partition coefficient (Wildman–Crippen LogP) is 2.79. The van der Waals surface area contributed by atoms with E-state index < -0.39 is 0 Å². The van der Waals surface area contributed by atoms with Crippen molar-refractivity contribution in [3.05, 3.63) is 28.2 Å². The first-order valence-corrected chi connectivity index (χ1v) is 7.17. The van der Waals surface area contributed by atoms with E-state index in [0.29, 0.717) is 6.42 Å². The summed E-state index contributed by atoms with van der Waals surface area (Å²) in [6.45, 7) is 6.14. The van der Waals surface area contributed by atoms with E-state index in [0.717, 1.165) is 36.2 Å². The lowest BCUT2D eigenvalue weighted by atomic mass is 10.1. The van der Waals surface area contributed by atoms with Gasteiger partial charge in [0.1, 0.15) is 0 Å². The fourth-order valence-electron chi connectivity index (χ4n) is 2.19. The van der Waals surface area contributed by atoms with Gasteiger partial charge in [0.25, 0.3) is 0 Å². The first-order valence-electron chi connectivity index (χ1n) is 6.38. The first kappa shape index (κ1) is 13.6. The summed E-state index contributed by atoms with van der Waals surface area (Å²) >= 11 is 3.59. The molecule has 1 fully saturated rings. The van der Waals surface area contributed by atoms with Gasteiger partial charge in [0.15, 0.2) is 5.78 Å². The van der Waals surface area contributed by atoms with Crippen LogP contribution in [0.3, 0.4) is 0 Å². The molecule has 4 heteroatoms. The molecule has 1 aliphatic heterocycles. The number of rotatable bonds is 3. The summed E-state index contributed by atoms with van der Waals surface area (Å²) in [6.07, 6.45) is 0.556. The van der Waals surface area contributed by atoms with Gasteiger partial charge >= 0.3 is 0 Å². The molecule has 2 rings (SSSR count). The summed E-state index contributed by atoms with van der Waals surface area (Å²) in [7, 11) is 2.15. The summed E-state index contributed by atoms with van der Waals surface area (Å²) in [5, 5.41) is 0. The Morgan fingerprint density at radius 2 is 1.94 bits per heavy atom. The standard InChI is InChI=1S/C14H19BrN2O/c1-3-14(18)11-4-5-13(12(15)10-11)17-8-6-16(2)7-9-17/h4-5,10H,3,6-9H2,1-2H3. The Morgan fingerprint density at radius 3 is 2.50 bits per heavy atom. The SMILES string of the molecule is CCC(=O)c1ccc(N2CCN(C)CC2)c(Br)c1. The molecule has 0 radical (unpaired) electrons. The Kier molecular flexibility index (Phi) is 4.40. The molecule has 3 nitrogen and oxygen atoms in total. The minimum Gasteiger partial charge on any atom is -0.368 e. The number of carbonyl (C=O) groups excluding carboxylic acids is 1. The van der Waals surface area contributed by atoms with E-state index in [9.17, 15) is 4.79 Å². The minimum absolute atomic E-state index is 0.195. The van der Waals surface area contributed by atoms with Gasteiger partial charge in [-0.05, 0) is 41.2 Å². The third-order valence-electron chi connectivity index (χ3n) is 3.43. The number of hydrogen-bond donors (Lipinski definition) is 0. The van der Waals surface area contributed by atoms with Crippen molar-refractivity contribution in [3.8, 4) is 0 Å². The second-order valence-electron chi connectivity index (χ2n) is 4.73. The molecule has 1 saturated heterocycles. The van der Waals surface area contributed by atoms with Crippen LogP contribution in [-0.2, 0) is 0 Å². The minimum atomic E-state index is 0.195. The van der Waals surface area contributed by atoms with Gasteiger partial charge in [0.2, 0.25) is 0 Å². The van der Waals surface area contributed by atoms with Gasteiger partial charge in [0.05, 0.1) is 5.69 Å². The molecular weight excluding hydrogens is 292 g/mol. The average Bonchev–Trinajstić information content (AvgIpc) is 2.39. The van der Waals surface area contributed by atoms with E-state index in [1.54, 1.807) is 0 Å². The van der Waals surface area contributed by atoms with Gasteiger partial charge < -0.3 is 9.80 Å². The van der Waals surface area contributed by atoms with Crippen LogP contribution in [0.2, 0.25) is 0 Å². The van der Waals surface area contributed by atoms with Crippen LogP contribution in [0.1, 0.15) is 23.7 Å². The fraction of sp³-hybridized carbons (Fsp3) is 0.500. The van der Waals surface area contributed by atoms with E-state index in [1.165, 1.54) is 5.69 Å². The fourth-order valence-corrected chi connectivity index (χ4v) is 2.82. The highest BCUT2D eigenvalue weighted by atomic mass is 79.9. The number of nitrogens with zero attached hydrogens (tertiary/aromatic N) is 2. The quantitative estimate of drug-likeness (QED) is 0.802. The van der Waals surface area contributed by atoms with Crippen molar-refractivity contribution >= 4 is 27.4 Å². The van der Waals surface area contributed by atoms with Crippen LogP contribution in [0.5, 0.6) is 0 Å². The molecule has 98 valence electrons. The number of ketones is 1. The molecule has 0 saturated carbocycles.